The summed E-state index contributed by atoms with van der Waals surface area (Å²) in [7, 11) is 0. The van der Waals surface area contributed by atoms with Crippen LogP contribution in [0.1, 0.15) is 50.7 Å². The molecule has 0 radical (unpaired) electrons. The average molecular weight is 487 g/mol. The number of hydrogen-bond donors (Lipinski definition) is 1. The maximum atomic E-state index is 14.4. The monoisotopic (exact) mass is 486 g/mol. The van der Waals surface area contributed by atoms with Crippen LogP contribution in [0.2, 0.25) is 0 Å². The molecule has 35 heavy (non-hydrogen) atoms. The number of para-hydroxylation sites is 1. The summed E-state index contributed by atoms with van der Waals surface area (Å²) >= 11 is 0. The molecule has 2 aromatic carbocycles. The molecule has 0 spiro atoms. The van der Waals surface area contributed by atoms with Crippen molar-refractivity contribution in [2.24, 2.45) is 0 Å². The van der Waals surface area contributed by atoms with Crippen LogP contribution in [0.4, 0.5) is 13.2 Å². The van der Waals surface area contributed by atoms with Crippen molar-refractivity contribution in [2.45, 2.75) is 69.8 Å². The van der Waals surface area contributed by atoms with E-state index >= 15 is 0 Å². The van der Waals surface area contributed by atoms with Crippen LogP contribution in [0.25, 0.3) is 10.9 Å². The Balaban J connectivity index is 1.63. The van der Waals surface area contributed by atoms with Gasteiger partial charge >= 0.3 is 6.18 Å². The fourth-order valence-electron chi connectivity index (χ4n) is 5.23. The highest BCUT2D eigenvalue weighted by Gasteiger charge is 2.56. The number of hydrogen-bond acceptors (Lipinski definition) is 3. The number of aromatic nitrogens is 1. The summed E-state index contributed by atoms with van der Waals surface area (Å²) in [5.41, 5.74) is -2.00. The molecule has 0 saturated carbocycles. The van der Waals surface area contributed by atoms with Crippen LogP contribution in [0.5, 0.6) is 0 Å². The molecular formula is C28H33F3N2O2. The summed E-state index contributed by atoms with van der Waals surface area (Å²) in [4.78, 5) is 14.6. The van der Waals surface area contributed by atoms with E-state index < -0.39 is 30.2 Å². The molecule has 2 heterocycles. The van der Waals surface area contributed by atoms with Gasteiger partial charge in [-0.1, -0.05) is 56.7 Å². The van der Waals surface area contributed by atoms with Crippen LogP contribution in [-0.4, -0.2) is 39.4 Å². The Morgan fingerprint density at radius 3 is 2.37 bits per heavy atom. The molecule has 1 saturated heterocycles. The van der Waals surface area contributed by atoms with Crippen molar-refractivity contribution in [2.75, 3.05) is 13.1 Å². The van der Waals surface area contributed by atoms with Crippen molar-refractivity contribution in [1.82, 2.24) is 9.47 Å². The Kier molecular flexibility index (Phi) is 7.11. The predicted molar refractivity (Wildman–Crippen MR) is 132 cm³/mol. The van der Waals surface area contributed by atoms with Crippen molar-refractivity contribution in [1.29, 1.82) is 0 Å². The van der Waals surface area contributed by atoms with E-state index in [0.717, 1.165) is 30.8 Å². The molecule has 1 aliphatic heterocycles. The van der Waals surface area contributed by atoms with Gasteiger partial charge in [0.05, 0.1) is 12.1 Å². The Morgan fingerprint density at radius 1 is 0.943 bits per heavy atom. The highest BCUT2D eigenvalue weighted by atomic mass is 19.4. The normalized spacial score (nSPS) is 17.4. The number of halogens is 3. The molecule has 188 valence electrons. The van der Waals surface area contributed by atoms with E-state index in [2.05, 4.69) is 4.90 Å². The standard InChI is InChI=1S/C28H33F3N2O2/c1-26(2,22-10-8-9-21(17-22)18-32-14-6-3-7-15-32)19-27(35,28(29,30)31)20-33-16-13-25(34)23-11-4-5-12-24(23)33/h4-5,8-13,16-17,35H,3,6-7,14-15,18-20H2,1-2H3. The Hall–Kier alpha value is -2.64. The van der Waals surface area contributed by atoms with Crippen LogP contribution in [0, 0.1) is 0 Å². The lowest BCUT2D eigenvalue weighted by Gasteiger charge is -2.39. The largest absolute Gasteiger partial charge is 0.418 e. The van der Waals surface area contributed by atoms with Gasteiger partial charge in [-0.15, -0.1) is 0 Å². The minimum atomic E-state index is -4.86. The van der Waals surface area contributed by atoms with Gasteiger partial charge in [0.1, 0.15) is 0 Å². The maximum absolute atomic E-state index is 14.4. The van der Waals surface area contributed by atoms with Gasteiger partial charge in [-0.3, -0.25) is 9.69 Å². The predicted octanol–water partition coefficient (Wildman–Crippen LogP) is 5.65. The molecule has 0 amide bonds. The third-order valence-corrected chi connectivity index (χ3v) is 7.14. The quantitative estimate of drug-likeness (QED) is 0.470. The van der Waals surface area contributed by atoms with Gasteiger partial charge in [0, 0.05) is 24.2 Å². The number of piperidine rings is 1. The highest BCUT2D eigenvalue weighted by molar-refractivity contribution is 5.78. The van der Waals surface area contributed by atoms with E-state index in [-0.39, 0.29) is 5.43 Å². The number of rotatable bonds is 7. The fraction of sp³-hybridized carbons (Fsp3) is 0.464. The molecule has 7 heteroatoms. The second kappa shape index (κ2) is 9.78. The number of aliphatic hydroxyl groups is 1. The molecule has 1 atom stereocenters. The molecule has 3 aromatic rings. The molecule has 1 aliphatic rings. The first kappa shape index (κ1) is 25.5. The summed E-state index contributed by atoms with van der Waals surface area (Å²) in [6.45, 7) is 5.63. The minimum absolute atomic E-state index is 0.266. The van der Waals surface area contributed by atoms with Gasteiger partial charge in [0.15, 0.2) is 11.0 Å². The van der Waals surface area contributed by atoms with Crippen molar-refractivity contribution in [3.05, 3.63) is 82.1 Å². The summed E-state index contributed by atoms with van der Waals surface area (Å²) in [5, 5.41) is 11.4. The van der Waals surface area contributed by atoms with Crippen LogP contribution < -0.4 is 5.43 Å². The van der Waals surface area contributed by atoms with Crippen LogP contribution in [0.3, 0.4) is 0 Å². The van der Waals surface area contributed by atoms with Crippen LogP contribution in [-0.2, 0) is 18.5 Å². The summed E-state index contributed by atoms with van der Waals surface area (Å²) in [5.74, 6) is 0. The first-order chi connectivity index (χ1) is 16.5. The Bertz CT molecular complexity index is 1230. The van der Waals surface area contributed by atoms with Gasteiger partial charge in [-0.25, -0.2) is 0 Å². The molecule has 4 nitrogen and oxygen atoms in total. The fourth-order valence-corrected chi connectivity index (χ4v) is 5.23. The molecule has 4 rings (SSSR count). The second-order valence-corrected chi connectivity index (χ2v) is 10.5. The first-order valence-corrected chi connectivity index (χ1v) is 12.2. The van der Waals surface area contributed by atoms with Gasteiger partial charge in [0.2, 0.25) is 0 Å². The molecule has 0 bridgehead atoms. The zero-order chi connectivity index (χ0) is 25.3. The van der Waals surface area contributed by atoms with E-state index in [1.54, 1.807) is 38.1 Å². The summed E-state index contributed by atoms with van der Waals surface area (Å²) in [6, 6.07) is 15.5. The van der Waals surface area contributed by atoms with Crippen molar-refractivity contribution < 1.29 is 18.3 Å². The van der Waals surface area contributed by atoms with E-state index in [4.69, 9.17) is 0 Å². The molecule has 1 unspecified atom stereocenters. The van der Waals surface area contributed by atoms with Gasteiger partial charge in [-0.05, 0) is 61.0 Å². The average Bonchev–Trinajstić information content (AvgIpc) is 2.81. The number of nitrogens with zero attached hydrogens (tertiary/aromatic N) is 2. The number of alkyl halides is 3. The molecule has 0 aliphatic carbocycles. The van der Waals surface area contributed by atoms with Gasteiger partial charge in [0.25, 0.3) is 0 Å². The zero-order valence-electron chi connectivity index (χ0n) is 20.3. The lowest BCUT2D eigenvalue weighted by Crippen LogP contribution is -2.52. The number of likely N-dealkylation sites (tertiary alicyclic amines) is 1. The highest BCUT2D eigenvalue weighted by Crippen LogP contribution is 2.42. The maximum Gasteiger partial charge on any atom is 0.418 e. The van der Waals surface area contributed by atoms with E-state index in [1.165, 1.54) is 36.1 Å². The minimum Gasteiger partial charge on any atom is -0.379 e. The van der Waals surface area contributed by atoms with Crippen molar-refractivity contribution >= 4 is 10.9 Å². The van der Waals surface area contributed by atoms with E-state index in [0.29, 0.717) is 10.9 Å². The summed E-state index contributed by atoms with van der Waals surface area (Å²) in [6.07, 6.45) is -0.470. The number of fused-ring (bicyclic) bond motifs is 1. The Morgan fingerprint density at radius 2 is 1.66 bits per heavy atom. The lowest BCUT2D eigenvalue weighted by molar-refractivity contribution is -0.271. The lowest BCUT2D eigenvalue weighted by atomic mass is 9.74. The van der Waals surface area contributed by atoms with E-state index in [9.17, 15) is 23.1 Å². The van der Waals surface area contributed by atoms with Crippen LogP contribution >= 0.6 is 0 Å². The zero-order valence-corrected chi connectivity index (χ0v) is 20.3. The smallest absolute Gasteiger partial charge is 0.379 e. The van der Waals surface area contributed by atoms with Crippen molar-refractivity contribution in [3.63, 3.8) is 0 Å². The molecular weight excluding hydrogens is 453 g/mol. The molecule has 1 fully saturated rings. The first-order valence-electron chi connectivity index (χ1n) is 12.2. The Labute approximate surface area is 204 Å². The van der Waals surface area contributed by atoms with Gasteiger partial charge < -0.3 is 9.67 Å². The number of benzene rings is 2. The molecule has 1 aromatic heterocycles. The topological polar surface area (TPSA) is 45.5 Å². The van der Waals surface area contributed by atoms with Crippen LogP contribution in [0.15, 0.2) is 65.6 Å². The van der Waals surface area contributed by atoms with Crippen molar-refractivity contribution in [3.8, 4) is 0 Å². The molecule has 1 N–H and O–H groups in total. The van der Waals surface area contributed by atoms with E-state index in [1.807, 2.05) is 24.3 Å². The number of pyridine rings is 1. The third-order valence-electron chi connectivity index (χ3n) is 7.14. The SMILES string of the molecule is CC(C)(CC(O)(Cn1ccc(=O)c2ccccc21)C(F)(F)F)c1cccc(CN2CCCCC2)c1. The second-order valence-electron chi connectivity index (χ2n) is 10.5. The third kappa shape index (κ3) is 5.62. The van der Waals surface area contributed by atoms with Gasteiger partial charge in [-0.2, -0.15) is 13.2 Å². The summed E-state index contributed by atoms with van der Waals surface area (Å²) < 4.78 is 44.4.